The summed E-state index contributed by atoms with van der Waals surface area (Å²) in [6.45, 7) is 18.1. The smallest absolute Gasteiger partial charge is 0.438 e. The van der Waals surface area contributed by atoms with Gasteiger partial charge in [-0.25, -0.2) is 4.79 Å². The highest BCUT2D eigenvalue weighted by Gasteiger charge is 2.40. The van der Waals surface area contributed by atoms with Crippen LogP contribution in [0.1, 0.15) is 20.8 Å². The minimum absolute atomic E-state index is 0.0608. The molecule has 0 saturated heterocycles. The molecule has 4 nitrogen and oxygen atoms in total. The van der Waals surface area contributed by atoms with Crippen molar-refractivity contribution in [2.75, 3.05) is 7.11 Å². The molecule has 0 N–H and O–H groups in total. The summed E-state index contributed by atoms with van der Waals surface area (Å²) in [6.07, 6.45) is 1.39. The first kappa shape index (κ1) is 17.9. The lowest BCUT2D eigenvalue weighted by atomic mass is 10.2. The van der Waals surface area contributed by atoms with Crippen LogP contribution in [-0.4, -0.2) is 33.8 Å². The zero-order chi connectivity index (χ0) is 15.3. The average molecular weight is 286 g/mol. The van der Waals surface area contributed by atoms with E-state index < -0.39 is 26.7 Å². The van der Waals surface area contributed by atoms with Gasteiger partial charge in [-0.2, -0.15) is 0 Å². The van der Waals surface area contributed by atoms with Crippen LogP contribution in [0.25, 0.3) is 0 Å². The molecule has 2 atom stereocenters. The van der Waals surface area contributed by atoms with Gasteiger partial charge in [-0.3, -0.25) is 0 Å². The van der Waals surface area contributed by atoms with Gasteiger partial charge in [0.2, 0.25) is 0 Å². The Balaban J connectivity index is 4.95. The van der Waals surface area contributed by atoms with Gasteiger partial charge in [-0.15, -0.1) is 6.58 Å². The van der Waals surface area contributed by atoms with Gasteiger partial charge in [0.05, 0.1) is 7.11 Å². The van der Waals surface area contributed by atoms with Crippen molar-refractivity contribution in [3.63, 3.8) is 0 Å². The number of ether oxygens (including phenoxy) is 2. The summed E-state index contributed by atoms with van der Waals surface area (Å²) in [4.78, 5) is 11.2. The van der Waals surface area contributed by atoms with E-state index in [-0.39, 0.29) is 5.04 Å². The van der Waals surface area contributed by atoms with E-state index in [2.05, 4.69) is 51.8 Å². The predicted molar refractivity (Wildman–Crippen MR) is 79.7 cm³/mol. The van der Waals surface area contributed by atoms with Crippen LogP contribution < -0.4 is 0 Å². The first-order valence-electron chi connectivity index (χ1n) is 6.26. The summed E-state index contributed by atoms with van der Waals surface area (Å²) < 4.78 is 15.8. The average Bonchev–Trinajstić information content (AvgIpc) is 2.31. The highest BCUT2D eigenvalue weighted by molar-refractivity contribution is 6.74. The second kappa shape index (κ2) is 6.91. The summed E-state index contributed by atoms with van der Waals surface area (Å²) in [7, 11) is -0.716. The van der Waals surface area contributed by atoms with Crippen molar-refractivity contribution in [2.45, 2.75) is 51.1 Å². The van der Waals surface area contributed by atoms with Crippen molar-refractivity contribution in [1.82, 2.24) is 0 Å². The Morgan fingerprint density at radius 2 is 1.63 bits per heavy atom. The fraction of sp³-hybridized carbons (Fsp3) is 0.643. The van der Waals surface area contributed by atoms with E-state index in [9.17, 15) is 4.79 Å². The molecule has 0 aromatic heterocycles. The lowest BCUT2D eigenvalue weighted by Crippen LogP contribution is -2.46. The van der Waals surface area contributed by atoms with Gasteiger partial charge >= 0.3 is 6.16 Å². The molecule has 0 saturated carbocycles. The Hall–Kier alpha value is -1.07. The summed E-state index contributed by atoms with van der Waals surface area (Å²) in [5.74, 6) is 0. The Labute approximate surface area is 117 Å². The standard InChI is InChI=1S/C14H26O4Si/c1-9-11(17-13(15)16-6)12(10-2)18-19(7,8)14(3,4)5/h9-12H,1-2H2,3-8H3/t11-,12-/m1/s1. The Morgan fingerprint density at radius 1 is 1.16 bits per heavy atom. The minimum atomic E-state index is -1.98. The number of carbonyl (C=O) groups is 1. The molecule has 19 heavy (non-hydrogen) atoms. The number of carbonyl (C=O) groups excluding carboxylic acids is 1. The zero-order valence-electron chi connectivity index (χ0n) is 12.9. The Morgan fingerprint density at radius 3 is 1.95 bits per heavy atom. The molecule has 0 aromatic carbocycles. The summed E-state index contributed by atoms with van der Waals surface area (Å²) in [5.41, 5.74) is 0. The van der Waals surface area contributed by atoms with Gasteiger partial charge in [-0.05, 0) is 24.2 Å². The van der Waals surface area contributed by atoms with Gasteiger partial charge in [0.15, 0.2) is 14.4 Å². The third-order valence-corrected chi connectivity index (χ3v) is 7.90. The van der Waals surface area contributed by atoms with Crippen LogP contribution in [0.4, 0.5) is 4.79 Å². The van der Waals surface area contributed by atoms with E-state index in [4.69, 9.17) is 9.16 Å². The van der Waals surface area contributed by atoms with E-state index in [1.165, 1.54) is 13.2 Å². The first-order chi connectivity index (χ1) is 8.59. The van der Waals surface area contributed by atoms with E-state index >= 15 is 0 Å². The van der Waals surface area contributed by atoms with Crippen LogP contribution in [0.3, 0.4) is 0 Å². The molecule has 0 aliphatic carbocycles. The molecule has 0 bridgehead atoms. The molecular weight excluding hydrogens is 260 g/mol. The van der Waals surface area contributed by atoms with E-state index in [1.807, 2.05) is 0 Å². The second-order valence-corrected chi connectivity index (χ2v) is 10.6. The number of methoxy groups -OCH3 is 1. The molecule has 0 aliphatic rings. The van der Waals surface area contributed by atoms with Crippen molar-refractivity contribution in [3.05, 3.63) is 25.3 Å². The third kappa shape index (κ3) is 5.20. The van der Waals surface area contributed by atoms with E-state index in [0.717, 1.165) is 0 Å². The molecule has 0 radical (unpaired) electrons. The van der Waals surface area contributed by atoms with Crippen molar-refractivity contribution in [3.8, 4) is 0 Å². The Kier molecular flexibility index (Phi) is 6.52. The molecule has 0 aliphatic heterocycles. The molecule has 0 unspecified atom stereocenters. The van der Waals surface area contributed by atoms with Crippen LogP contribution in [-0.2, 0) is 13.9 Å². The van der Waals surface area contributed by atoms with Crippen molar-refractivity contribution < 1.29 is 18.7 Å². The SMILES string of the molecule is C=C[C@@H](OC(=O)OC)[C@@H](C=C)O[Si](C)(C)C(C)(C)C. The van der Waals surface area contributed by atoms with Crippen LogP contribution in [0.15, 0.2) is 25.3 Å². The maximum absolute atomic E-state index is 11.2. The summed E-state index contributed by atoms with van der Waals surface area (Å²) in [5, 5.41) is 0.0608. The fourth-order valence-electron chi connectivity index (χ4n) is 1.17. The van der Waals surface area contributed by atoms with Gasteiger partial charge in [0.1, 0.15) is 6.10 Å². The van der Waals surface area contributed by atoms with Crippen LogP contribution in [0.5, 0.6) is 0 Å². The lowest BCUT2D eigenvalue weighted by Gasteiger charge is -2.39. The van der Waals surface area contributed by atoms with Gasteiger partial charge in [0, 0.05) is 0 Å². The summed E-state index contributed by atoms with van der Waals surface area (Å²) in [6, 6.07) is 0. The molecule has 0 rings (SSSR count). The van der Waals surface area contributed by atoms with E-state index in [1.54, 1.807) is 6.08 Å². The largest absolute Gasteiger partial charge is 0.508 e. The maximum Gasteiger partial charge on any atom is 0.508 e. The minimum Gasteiger partial charge on any atom is -0.438 e. The third-order valence-electron chi connectivity index (χ3n) is 3.42. The highest BCUT2D eigenvalue weighted by Crippen LogP contribution is 2.38. The van der Waals surface area contributed by atoms with Crippen molar-refractivity contribution >= 4 is 14.5 Å². The molecule has 0 heterocycles. The second-order valence-electron chi connectivity index (χ2n) is 5.85. The van der Waals surface area contributed by atoms with Crippen molar-refractivity contribution in [2.24, 2.45) is 0 Å². The number of hydrogen-bond donors (Lipinski definition) is 0. The van der Waals surface area contributed by atoms with Crippen LogP contribution in [0.2, 0.25) is 18.1 Å². The molecule has 0 aromatic rings. The van der Waals surface area contributed by atoms with Crippen LogP contribution >= 0.6 is 0 Å². The number of hydrogen-bond acceptors (Lipinski definition) is 4. The molecular formula is C14H26O4Si. The van der Waals surface area contributed by atoms with Crippen molar-refractivity contribution in [1.29, 1.82) is 0 Å². The molecule has 0 fully saturated rings. The molecule has 0 spiro atoms. The lowest BCUT2D eigenvalue weighted by molar-refractivity contribution is 0.0156. The quantitative estimate of drug-likeness (QED) is 0.422. The normalized spacial score (nSPS) is 15.3. The number of rotatable bonds is 6. The summed E-state index contributed by atoms with van der Waals surface area (Å²) >= 11 is 0. The highest BCUT2D eigenvalue weighted by atomic mass is 28.4. The topological polar surface area (TPSA) is 44.8 Å². The van der Waals surface area contributed by atoms with Crippen LogP contribution in [0, 0.1) is 0 Å². The predicted octanol–water partition coefficient (Wildman–Crippen LogP) is 3.90. The van der Waals surface area contributed by atoms with Gasteiger partial charge < -0.3 is 13.9 Å². The zero-order valence-corrected chi connectivity index (χ0v) is 13.9. The molecule has 0 amide bonds. The fourth-order valence-corrected chi connectivity index (χ4v) is 2.44. The van der Waals surface area contributed by atoms with Gasteiger partial charge in [0.25, 0.3) is 0 Å². The van der Waals surface area contributed by atoms with Gasteiger partial charge in [-0.1, -0.05) is 33.4 Å². The molecule has 110 valence electrons. The first-order valence-corrected chi connectivity index (χ1v) is 9.17. The molecule has 5 heteroatoms. The maximum atomic E-state index is 11.2. The Bertz CT molecular complexity index is 331. The monoisotopic (exact) mass is 286 g/mol. The van der Waals surface area contributed by atoms with E-state index in [0.29, 0.717) is 0 Å².